The van der Waals surface area contributed by atoms with E-state index >= 15 is 0 Å². The number of benzene rings is 1. The summed E-state index contributed by atoms with van der Waals surface area (Å²) in [6.07, 6.45) is 0.736. The molecule has 0 spiro atoms. The zero-order valence-corrected chi connectivity index (χ0v) is 14.8. The number of carbonyl (C=O) groups excluding carboxylic acids is 2. The summed E-state index contributed by atoms with van der Waals surface area (Å²) in [5.74, 6) is -0.753. The standard InChI is InChI=1S/C19H28O4/c1-6-19(7-2,17(20)22-12-14(3)4)18(21)23-13-16-10-8-9-15(5)11-16/h8-11,14H,6-7,12-13H2,1-5H3. The van der Waals surface area contributed by atoms with Crippen LogP contribution < -0.4 is 0 Å². The molecule has 0 aliphatic carbocycles. The van der Waals surface area contributed by atoms with Gasteiger partial charge in [-0.1, -0.05) is 57.5 Å². The summed E-state index contributed by atoms with van der Waals surface area (Å²) in [6, 6.07) is 7.76. The first-order valence-corrected chi connectivity index (χ1v) is 8.25. The number of esters is 2. The van der Waals surface area contributed by atoms with Crippen molar-refractivity contribution >= 4 is 11.9 Å². The molecular formula is C19H28O4. The number of hydrogen-bond donors (Lipinski definition) is 0. The molecule has 0 fully saturated rings. The van der Waals surface area contributed by atoms with Crippen LogP contribution in [0.15, 0.2) is 24.3 Å². The summed E-state index contributed by atoms with van der Waals surface area (Å²) in [5, 5.41) is 0. The van der Waals surface area contributed by atoms with Crippen LogP contribution in [0.2, 0.25) is 0 Å². The quantitative estimate of drug-likeness (QED) is 0.536. The Morgan fingerprint density at radius 2 is 1.70 bits per heavy atom. The highest BCUT2D eigenvalue weighted by Gasteiger charge is 2.46. The topological polar surface area (TPSA) is 52.6 Å². The van der Waals surface area contributed by atoms with Crippen LogP contribution in [0.5, 0.6) is 0 Å². The first kappa shape index (κ1) is 19.2. The molecule has 1 rings (SSSR count). The molecule has 0 aromatic heterocycles. The van der Waals surface area contributed by atoms with Crippen molar-refractivity contribution in [3.05, 3.63) is 35.4 Å². The lowest BCUT2D eigenvalue weighted by Crippen LogP contribution is -2.41. The molecular weight excluding hydrogens is 292 g/mol. The normalized spacial score (nSPS) is 11.4. The second-order valence-corrected chi connectivity index (χ2v) is 6.35. The molecule has 0 amide bonds. The molecule has 0 aliphatic heterocycles. The molecule has 0 atom stereocenters. The lowest BCUT2D eigenvalue weighted by atomic mass is 9.82. The van der Waals surface area contributed by atoms with Crippen molar-refractivity contribution in [1.82, 2.24) is 0 Å². The van der Waals surface area contributed by atoms with Crippen molar-refractivity contribution in [3.8, 4) is 0 Å². The Morgan fingerprint density at radius 1 is 1.09 bits per heavy atom. The maximum atomic E-state index is 12.5. The lowest BCUT2D eigenvalue weighted by molar-refractivity contribution is -0.174. The molecule has 128 valence electrons. The van der Waals surface area contributed by atoms with Gasteiger partial charge in [-0.15, -0.1) is 0 Å². The van der Waals surface area contributed by atoms with Crippen molar-refractivity contribution in [2.24, 2.45) is 11.3 Å². The van der Waals surface area contributed by atoms with E-state index in [1.165, 1.54) is 0 Å². The Bertz CT molecular complexity index is 530. The minimum atomic E-state index is -1.21. The fourth-order valence-corrected chi connectivity index (χ4v) is 2.38. The average Bonchev–Trinajstić information content (AvgIpc) is 2.52. The first-order valence-electron chi connectivity index (χ1n) is 8.25. The van der Waals surface area contributed by atoms with E-state index in [2.05, 4.69) is 0 Å². The Kier molecular flexibility index (Phi) is 7.27. The molecule has 4 heteroatoms. The molecule has 0 saturated carbocycles. The van der Waals surface area contributed by atoms with Gasteiger partial charge >= 0.3 is 11.9 Å². The van der Waals surface area contributed by atoms with Crippen LogP contribution in [0.4, 0.5) is 0 Å². The van der Waals surface area contributed by atoms with Crippen molar-refractivity contribution in [2.45, 2.75) is 54.1 Å². The Hall–Kier alpha value is -1.84. The number of carbonyl (C=O) groups is 2. The zero-order chi connectivity index (χ0) is 17.5. The second-order valence-electron chi connectivity index (χ2n) is 6.35. The molecule has 0 N–H and O–H groups in total. The van der Waals surface area contributed by atoms with Crippen molar-refractivity contribution in [2.75, 3.05) is 6.61 Å². The van der Waals surface area contributed by atoms with Crippen LogP contribution >= 0.6 is 0 Å². The molecule has 4 nitrogen and oxygen atoms in total. The number of rotatable bonds is 8. The summed E-state index contributed by atoms with van der Waals surface area (Å²) in [7, 11) is 0. The third-order valence-corrected chi connectivity index (χ3v) is 3.99. The maximum absolute atomic E-state index is 12.5. The van der Waals surface area contributed by atoms with E-state index < -0.39 is 17.4 Å². The fourth-order valence-electron chi connectivity index (χ4n) is 2.38. The van der Waals surface area contributed by atoms with Gasteiger partial charge in [-0.25, -0.2) is 0 Å². The second kappa shape index (κ2) is 8.70. The first-order chi connectivity index (χ1) is 10.9. The molecule has 0 radical (unpaired) electrons. The van der Waals surface area contributed by atoms with Gasteiger partial charge in [-0.05, 0) is 31.2 Å². The van der Waals surface area contributed by atoms with Gasteiger partial charge in [-0.3, -0.25) is 9.59 Å². The van der Waals surface area contributed by atoms with Gasteiger partial charge in [0, 0.05) is 0 Å². The van der Waals surface area contributed by atoms with Crippen LogP contribution in [0, 0.1) is 18.3 Å². The monoisotopic (exact) mass is 320 g/mol. The van der Waals surface area contributed by atoms with Gasteiger partial charge in [0.2, 0.25) is 0 Å². The summed E-state index contributed by atoms with van der Waals surface area (Å²) >= 11 is 0. The smallest absolute Gasteiger partial charge is 0.323 e. The Morgan fingerprint density at radius 3 is 2.22 bits per heavy atom. The van der Waals surface area contributed by atoms with E-state index in [0.717, 1.165) is 11.1 Å². The molecule has 1 aromatic carbocycles. The predicted octanol–water partition coefficient (Wildman–Crippen LogP) is 4.04. The summed E-state index contributed by atoms with van der Waals surface area (Å²) < 4.78 is 10.7. The average molecular weight is 320 g/mol. The highest BCUT2D eigenvalue weighted by Crippen LogP contribution is 2.30. The van der Waals surface area contributed by atoms with Gasteiger partial charge in [0.25, 0.3) is 0 Å². The van der Waals surface area contributed by atoms with Crippen LogP contribution in [0.3, 0.4) is 0 Å². The maximum Gasteiger partial charge on any atom is 0.323 e. The molecule has 0 bridgehead atoms. The van der Waals surface area contributed by atoms with E-state index in [9.17, 15) is 9.59 Å². The van der Waals surface area contributed by atoms with Crippen LogP contribution in [-0.4, -0.2) is 18.5 Å². The molecule has 0 saturated heterocycles. The molecule has 0 aliphatic rings. The van der Waals surface area contributed by atoms with E-state index in [4.69, 9.17) is 9.47 Å². The Balaban J connectivity index is 2.78. The van der Waals surface area contributed by atoms with E-state index in [1.807, 2.05) is 58.9 Å². The summed E-state index contributed by atoms with van der Waals surface area (Å²) in [5.41, 5.74) is 0.806. The zero-order valence-electron chi connectivity index (χ0n) is 14.8. The summed E-state index contributed by atoms with van der Waals surface area (Å²) in [4.78, 5) is 25.0. The molecule has 1 aromatic rings. The minimum absolute atomic E-state index is 0.166. The summed E-state index contributed by atoms with van der Waals surface area (Å²) in [6.45, 7) is 10.0. The van der Waals surface area contributed by atoms with Crippen LogP contribution in [-0.2, 0) is 25.7 Å². The molecule has 23 heavy (non-hydrogen) atoms. The van der Waals surface area contributed by atoms with E-state index in [1.54, 1.807) is 0 Å². The van der Waals surface area contributed by atoms with Gasteiger partial charge in [0.1, 0.15) is 6.61 Å². The largest absolute Gasteiger partial charge is 0.465 e. The lowest BCUT2D eigenvalue weighted by Gasteiger charge is -2.27. The number of hydrogen-bond acceptors (Lipinski definition) is 4. The number of aryl methyl sites for hydroxylation is 1. The van der Waals surface area contributed by atoms with Crippen molar-refractivity contribution in [1.29, 1.82) is 0 Å². The van der Waals surface area contributed by atoms with E-state index in [0.29, 0.717) is 19.4 Å². The third-order valence-electron chi connectivity index (χ3n) is 3.99. The van der Waals surface area contributed by atoms with Crippen LogP contribution in [0.25, 0.3) is 0 Å². The highest BCUT2D eigenvalue weighted by atomic mass is 16.6. The van der Waals surface area contributed by atoms with Gasteiger partial charge in [0.05, 0.1) is 6.61 Å². The third kappa shape index (κ3) is 5.08. The van der Waals surface area contributed by atoms with Gasteiger partial charge in [-0.2, -0.15) is 0 Å². The minimum Gasteiger partial charge on any atom is -0.465 e. The van der Waals surface area contributed by atoms with Crippen molar-refractivity contribution < 1.29 is 19.1 Å². The number of ether oxygens (including phenoxy) is 2. The predicted molar refractivity (Wildman–Crippen MR) is 89.8 cm³/mol. The van der Waals surface area contributed by atoms with Crippen LogP contribution in [0.1, 0.15) is 51.7 Å². The molecule has 0 unspecified atom stereocenters. The highest BCUT2D eigenvalue weighted by molar-refractivity contribution is 5.99. The molecule has 0 heterocycles. The van der Waals surface area contributed by atoms with E-state index in [-0.39, 0.29) is 12.5 Å². The fraction of sp³-hybridized carbons (Fsp3) is 0.579. The van der Waals surface area contributed by atoms with Gasteiger partial charge in [0.15, 0.2) is 5.41 Å². The Labute approximate surface area is 139 Å². The SMILES string of the molecule is CCC(CC)(C(=O)OCc1cccc(C)c1)C(=O)OCC(C)C. The van der Waals surface area contributed by atoms with Crippen molar-refractivity contribution in [3.63, 3.8) is 0 Å². The van der Waals surface area contributed by atoms with Gasteiger partial charge < -0.3 is 9.47 Å².